The number of nitrogens with zero attached hydrogens (tertiary/aromatic N) is 5. The van der Waals surface area contributed by atoms with Gasteiger partial charge < -0.3 is 5.11 Å². The largest absolute Gasteiger partial charge is 0.506 e. The third kappa shape index (κ3) is 4.52. The van der Waals surface area contributed by atoms with Crippen LogP contribution in [-0.4, -0.2) is 37.4 Å². The van der Waals surface area contributed by atoms with Crippen molar-refractivity contribution in [3.8, 4) is 17.1 Å². The number of amides is 1. The van der Waals surface area contributed by atoms with Crippen LogP contribution in [-0.2, 0) is 11.3 Å². The van der Waals surface area contributed by atoms with Gasteiger partial charge in [0, 0.05) is 5.56 Å². The maximum absolute atomic E-state index is 11.9. The Balaban J connectivity index is 1.59. The van der Waals surface area contributed by atoms with E-state index in [1.807, 2.05) is 30.3 Å². The Morgan fingerprint density at radius 2 is 1.92 bits per heavy atom. The molecule has 2 N–H and O–H groups in total. The molecule has 3 rings (SSSR count). The average Bonchev–Trinajstić information content (AvgIpc) is 3.09. The van der Waals surface area contributed by atoms with E-state index in [1.165, 1.54) is 11.0 Å². The first-order valence-corrected chi connectivity index (χ1v) is 8.94. The minimum Gasteiger partial charge on any atom is -0.506 e. The molecule has 1 heterocycles. The van der Waals surface area contributed by atoms with Crippen molar-refractivity contribution in [3.63, 3.8) is 0 Å². The van der Waals surface area contributed by atoms with Crippen LogP contribution in [0.15, 0.2) is 56.5 Å². The number of carbonyl (C=O) groups is 1. The second-order valence-electron chi connectivity index (χ2n) is 5.14. The van der Waals surface area contributed by atoms with E-state index in [0.29, 0.717) is 20.3 Å². The minimum atomic E-state index is -0.393. The van der Waals surface area contributed by atoms with Gasteiger partial charge in [0.25, 0.3) is 5.91 Å². The molecule has 1 aromatic heterocycles. The number of carbonyl (C=O) groups excluding carboxylic acids is 1. The Kier molecular flexibility index (Phi) is 5.74. The van der Waals surface area contributed by atoms with Crippen molar-refractivity contribution in [2.45, 2.75) is 6.54 Å². The predicted octanol–water partition coefficient (Wildman–Crippen LogP) is 2.72. The van der Waals surface area contributed by atoms with Gasteiger partial charge in [-0.25, -0.2) is 5.43 Å². The summed E-state index contributed by atoms with van der Waals surface area (Å²) in [5.41, 5.74) is 3.90. The summed E-state index contributed by atoms with van der Waals surface area (Å²) in [5, 5.41) is 25.5. The summed E-state index contributed by atoms with van der Waals surface area (Å²) in [4.78, 5) is 13.1. The molecule has 0 aliphatic carbocycles. The number of hydrazone groups is 1. The Morgan fingerprint density at radius 1 is 1.23 bits per heavy atom. The van der Waals surface area contributed by atoms with Crippen LogP contribution in [0.2, 0.25) is 0 Å². The van der Waals surface area contributed by atoms with E-state index in [4.69, 9.17) is 0 Å². The molecular formula is C16H12Br2N6O2. The molecule has 10 heteroatoms. The normalized spacial score (nSPS) is 11.0. The molecule has 0 fully saturated rings. The number of benzene rings is 2. The number of nitrogens with one attached hydrogen (secondary N) is 1. The number of hydrogen-bond acceptors (Lipinski definition) is 6. The van der Waals surface area contributed by atoms with Crippen molar-refractivity contribution >= 4 is 44.0 Å². The minimum absolute atomic E-state index is 0.0951. The Morgan fingerprint density at radius 3 is 2.62 bits per heavy atom. The van der Waals surface area contributed by atoms with Gasteiger partial charge in [0.2, 0.25) is 5.82 Å². The van der Waals surface area contributed by atoms with E-state index < -0.39 is 5.91 Å². The Labute approximate surface area is 165 Å². The van der Waals surface area contributed by atoms with Gasteiger partial charge >= 0.3 is 0 Å². The zero-order valence-electron chi connectivity index (χ0n) is 13.2. The number of phenolic OH excluding ortho intramolecular Hbond substituents is 1. The van der Waals surface area contributed by atoms with Gasteiger partial charge in [-0.3, -0.25) is 4.79 Å². The number of rotatable bonds is 5. The highest BCUT2D eigenvalue weighted by atomic mass is 79.9. The smallest absolute Gasteiger partial charge is 0.263 e. The lowest BCUT2D eigenvalue weighted by Crippen LogP contribution is -2.24. The van der Waals surface area contributed by atoms with Crippen molar-refractivity contribution in [2.24, 2.45) is 5.10 Å². The van der Waals surface area contributed by atoms with E-state index >= 15 is 0 Å². The number of phenols is 1. The van der Waals surface area contributed by atoms with E-state index in [9.17, 15) is 9.90 Å². The molecule has 132 valence electrons. The summed E-state index contributed by atoms with van der Waals surface area (Å²) in [7, 11) is 0. The summed E-state index contributed by atoms with van der Waals surface area (Å²) >= 11 is 6.46. The zero-order chi connectivity index (χ0) is 18.5. The highest BCUT2D eigenvalue weighted by molar-refractivity contribution is 9.11. The molecular weight excluding hydrogens is 468 g/mol. The van der Waals surface area contributed by atoms with Crippen LogP contribution in [0.3, 0.4) is 0 Å². The maximum Gasteiger partial charge on any atom is 0.263 e. The number of halogens is 2. The summed E-state index contributed by atoms with van der Waals surface area (Å²) in [6.07, 6.45) is 1.46. The molecule has 3 aromatic rings. The molecule has 0 atom stereocenters. The van der Waals surface area contributed by atoms with Gasteiger partial charge in [-0.1, -0.05) is 30.3 Å². The predicted molar refractivity (Wildman–Crippen MR) is 102 cm³/mol. The van der Waals surface area contributed by atoms with E-state index in [1.54, 1.807) is 12.1 Å². The van der Waals surface area contributed by atoms with Crippen molar-refractivity contribution in [3.05, 3.63) is 57.0 Å². The molecule has 1 amide bonds. The van der Waals surface area contributed by atoms with Gasteiger partial charge in [0.1, 0.15) is 12.3 Å². The van der Waals surface area contributed by atoms with Gasteiger partial charge in [-0.2, -0.15) is 9.90 Å². The quantitative estimate of drug-likeness (QED) is 0.432. The van der Waals surface area contributed by atoms with Crippen molar-refractivity contribution in [1.29, 1.82) is 0 Å². The van der Waals surface area contributed by atoms with Crippen LogP contribution < -0.4 is 5.43 Å². The van der Waals surface area contributed by atoms with Gasteiger partial charge in [0.15, 0.2) is 0 Å². The molecule has 0 bridgehead atoms. The fourth-order valence-electron chi connectivity index (χ4n) is 2.02. The number of hydrogen-bond donors (Lipinski definition) is 2. The summed E-state index contributed by atoms with van der Waals surface area (Å²) in [6, 6.07) is 12.7. The van der Waals surface area contributed by atoms with E-state index in [0.717, 1.165) is 5.56 Å². The lowest BCUT2D eigenvalue weighted by atomic mass is 10.2. The van der Waals surface area contributed by atoms with Gasteiger partial charge in [-0.15, -0.1) is 10.2 Å². The van der Waals surface area contributed by atoms with Crippen LogP contribution in [0.5, 0.6) is 5.75 Å². The fraction of sp³-hybridized carbons (Fsp3) is 0.0625. The SMILES string of the molecule is O=C(Cn1nnc(-c2ccccc2)n1)NN=Cc1cc(Br)c(O)c(Br)c1. The molecule has 2 aromatic carbocycles. The summed E-state index contributed by atoms with van der Waals surface area (Å²) < 4.78 is 1.03. The molecule has 0 aliphatic rings. The highest BCUT2D eigenvalue weighted by Gasteiger charge is 2.09. The van der Waals surface area contributed by atoms with E-state index in [-0.39, 0.29) is 12.3 Å². The number of tetrazole rings is 1. The lowest BCUT2D eigenvalue weighted by Gasteiger charge is -2.02. The third-order valence-corrected chi connectivity index (χ3v) is 4.42. The molecule has 0 aliphatic heterocycles. The molecule has 8 nitrogen and oxygen atoms in total. The monoisotopic (exact) mass is 478 g/mol. The van der Waals surface area contributed by atoms with Crippen LogP contribution in [0.4, 0.5) is 0 Å². The van der Waals surface area contributed by atoms with Crippen LogP contribution in [0.1, 0.15) is 5.56 Å². The van der Waals surface area contributed by atoms with Crippen molar-refractivity contribution in [1.82, 2.24) is 25.6 Å². The highest BCUT2D eigenvalue weighted by Crippen LogP contribution is 2.32. The number of aromatic nitrogens is 4. The van der Waals surface area contributed by atoms with Crippen LogP contribution >= 0.6 is 31.9 Å². The van der Waals surface area contributed by atoms with Crippen molar-refractivity contribution < 1.29 is 9.90 Å². The Bertz CT molecular complexity index is 935. The fourth-order valence-corrected chi connectivity index (χ4v) is 3.24. The topological polar surface area (TPSA) is 105 Å². The molecule has 0 spiro atoms. The second-order valence-corrected chi connectivity index (χ2v) is 6.84. The molecule has 26 heavy (non-hydrogen) atoms. The third-order valence-electron chi connectivity index (χ3n) is 3.21. The molecule has 0 radical (unpaired) electrons. The standard InChI is InChI=1S/C16H12Br2N6O2/c17-12-6-10(7-13(18)15(12)26)8-19-20-14(25)9-24-22-16(21-23-24)11-4-2-1-3-5-11/h1-8,26H,9H2,(H,20,25). The van der Waals surface area contributed by atoms with Crippen LogP contribution in [0, 0.1) is 0 Å². The molecule has 0 unspecified atom stereocenters. The average molecular weight is 480 g/mol. The van der Waals surface area contributed by atoms with Gasteiger partial charge in [-0.05, 0) is 54.8 Å². The van der Waals surface area contributed by atoms with E-state index in [2.05, 4.69) is 57.8 Å². The zero-order valence-corrected chi connectivity index (χ0v) is 16.3. The first kappa shape index (κ1) is 18.2. The first-order chi connectivity index (χ1) is 12.5. The number of aromatic hydroxyl groups is 1. The van der Waals surface area contributed by atoms with Gasteiger partial charge in [0.05, 0.1) is 15.2 Å². The van der Waals surface area contributed by atoms with Crippen molar-refractivity contribution in [2.75, 3.05) is 0 Å². The summed E-state index contributed by atoms with van der Waals surface area (Å²) in [6.45, 7) is -0.111. The summed E-state index contributed by atoms with van der Waals surface area (Å²) in [5.74, 6) is 0.147. The first-order valence-electron chi connectivity index (χ1n) is 7.36. The maximum atomic E-state index is 11.9. The molecule has 0 saturated heterocycles. The second kappa shape index (κ2) is 8.19. The Hall–Kier alpha value is -2.59. The lowest BCUT2D eigenvalue weighted by molar-refractivity contribution is -0.122. The van der Waals surface area contributed by atoms with Crippen LogP contribution in [0.25, 0.3) is 11.4 Å². The molecule has 0 saturated carbocycles.